The molecule has 1 atom stereocenters. The summed E-state index contributed by atoms with van der Waals surface area (Å²) in [5.41, 5.74) is 4.49. The van der Waals surface area contributed by atoms with E-state index in [1.165, 1.54) is 0 Å². The fraction of sp³-hybridized carbons (Fsp3) is 0.308. The van der Waals surface area contributed by atoms with Gasteiger partial charge in [0.25, 0.3) is 5.91 Å². The summed E-state index contributed by atoms with van der Waals surface area (Å²) in [6, 6.07) is 17.4. The Morgan fingerprint density at radius 2 is 1.75 bits per heavy atom. The van der Waals surface area contributed by atoms with Gasteiger partial charge in [0.2, 0.25) is 0 Å². The average molecular weight is 433 g/mol. The number of pyridine rings is 1. The Bertz CT molecular complexity index is 1110. The summed E-state index contributed by atoms with van der Waals surface area (Å²) in [5.74, 6) is 1.75. The Kier molecular flexibility index (Phi) is 6.30. The minimum Gasteiger partial charge on any atom is -0.497 e. The number of rotatable bonds is 6. The quantitative estimate of drug-likeness (QED) is 0.545. The van der Waals surface area contributed by atoms with Crippen LogP contribution in [0, 0.1) is 6.92 Å². The van der Waals surface area contributed by atoms with Crippen LogP contribution in [0.3, 0.4) is 0 Å². The molecule has 0 bridgehead atoms. The lowest BCUT2D eigenvalue weighted by molar-refractivity contribution is 0.0728. The number of carbonyl (C=O) groups excluding carboxylic acids is 1. The number of para-hydroxylation sites is 1. The van der Waals surface area contributed by atoms with E-state index in [-0.39, 0.29) is 11.9 Å². The Balaban J connectivity index is 1.68. The maximum atomic E-state index is 13.5. The Morgan fingerprint density at radius 1 is 0.969 bits per heavy atom. The number of carbonyl (C=O) groups is 1. The van der Waals surface area contributed by atoms with E-state index in [9.17, 15) is 4.79 Å². The number of amides is 1. The fourth-order valence-electron chi connectivity index (χ4n) is 4.34. The lowest BCUT2D eigenvalue weighted by atomic mass is 10.0. The van der Waals surface area contributed by atoms with Crippen molar-refractivity contribution in [2.24, 2.45) is 0 Å². The topological polar surface area (TPSA) is 60.9 Å². The number of ether oxygens (including phenoxy) is 3. The van der Waals surface area contributed by atoms with Gasteiger partial charge in [-0.2, -0.15) is 0 Å². The van der Waals surface area contributed by atoms with Gasteiger partial charge in [-0.3, -0.25) is 9.78 Å². The Morgan fingerprint density at radius 3 is 2.44 bits per heavy atom. The molecule has 166 valence electrons. The molecule has 1 aliphatic rings. The number of benzene rings is 2. The number of aromatic nitrogens is 1. The molecule has 1 aromatic heterocycles. The summed E-state index contributed by atoms with van der Waals surface area (Å²) >= 11 is 0. The SMILES string of the molecule is COc1ccc(-c2cc(C)nc([C@H]3CCCN3C(=O)c3cccc(OC)c3OC)c2)cc1. The van der Waals surface area contributed by atoms with Gasteiger partial charge in [0.1, 0.15) is 5.75 Å². The maximum absolute atomic E-state index is 13.5. The molecule has 0 N–H and O–H groups in total. The molecule has 3 aromatic rings. The highest BCUT2D eigenvalue weighted by atomic mass is 16.5. The van der Waals surface area contributed by atoms with E-state index in [0.29, 0.717) is 23.6 Å². The van der Waals surface area contributed by atoms with Crippen LogP contribution >= 0.6 is 0 Å². The van der Waals surface area contributed by atoms with Crippen LogP contribution in [0.15, 0.2) is 54.6 Å². The van der Waals surface area contributed by atoms with E-state index in [4.69, 9.17) is 19.2 Å². The summed E-state index contributed by atoms with van der Waals surface area (Å²) in [6.07, 6.45) is 1.80. The summed E-state index contributed by atoms with van der Waals surface area (Å²) in [7, 11) is 4.79. The van der Waals surface area contributed by atoms with Crippen LogP contribution in [0.25, 0.3) is 11.1 Å². The van der Waals surface area contributed by atoms with Crippen molar-refractivity contribution in [2.45, 2.75) is 25.8 Å². The number of hydrogen-bond donors (Lipinski definition) is 0. The maximum Gasteiger partial charge on any atom is 0.258 e. The first-order valence-electron chi connectivity index (χ1n) is 10.7. The van der Waals surface area contributed by atoms with Crippen molar-refractivity contribution in [3.8, 4) is 28.4 Å². The van der Waals surface area contributed by atoms with Crippen LogP contribution in [0.5, 0.6) is 17.2 Å². The van der Waals surface area contributed by atoms with Crippen LogP contribution < -0.4 is 14.2 Å². The second-order valence-corrected chi connectivity index (χ2v) is 7.85. The zero-order valence-corrected chi connectivity index (χ0v) is 18.9. The summed E-state index contributed by atoms with van der Waals surface area (Å²) in [6.45, 7) is 2.67. The zero-order chi connectivity index (χ0) is 22.7. The first kappa shape index (κ1) is 21.7. The van der Waals surface area contributed by atoms with Crippen molar-refractivity contribution in [1.82, 2.24) is 9.88 Å². The van der Waals surface area contributed by atoms with E-state index < -0.39 is 0 Å². The lowest BCUT2D eigenvalue weighted by Gasteiger charge is -2.26. The Labute approximate surface area is 188 Å². The molecule has 0 radical (unpaired) electrons. The molecule has 1 aliphatic heterocycles. The first-order chi connectivity index (χ1) is 15.5. The van der Waals surface area contributed by atoms with Crippen molar-refractivity contribution < 1.29 is 19.0 Å². The molecule has 0 saturated carbocycles. The van der Waals surface area contributed by atoms with Crippen molar-refractivity contribution in [3.05, 3.63) is 71.5 Å². The van der Waals surface area contributed by atoms with Crippen molar-refractivity contribution in [1.29, 1.82) is 0 Å². The van der Waals surface area contributed by atoms with Gasteiger partial charge < -0.3 is 19.1 Å². The molecule has 1 amide bonds. The molecular weight excluding hydrogens is 404 g/mol. The van der Waals surface area contributed by atoms with Crippen LogP contribution in [0.4, 0.5) is 0 Å². The fourth-order valence-corrected chi connectivity index (χ4v) is 4.34. The monoisotopic (exact) mass is 432 g/mol. The molecule has 0 aliphatic carbocycles. The van der Waals surface area contributed by atoms with E-state index in [1.54, 1.807) is 33.5 Å². The van der Waals surface area contributed by atoms with Crippen LogP contribution in [-0.4, -0.2) is 43.7 Å². The van der Waals surface area contributed by atoms with E-state index in [1.807, 2.05) is 42.2 Å². The highest BCUT2D eigenvalue weighted by Crippen LogP contribution is 2.38. The molecular formula is C26H28N2O4. The highest BCUT2D eigenvalue weighted by Gasteiger charge is 2.33. The van der Waals surface area contributed by atoms with Gasteiger partial charge in [-0.15, -0.1) is 0 Å². The van der Waals surface area contributed by atoms with E-state index in [0.717, 1.165) is 41.1 Å². The van der Waals surface area contributed by atoms with Crippen molar-refractivity contribution in [3.63, 3.8) is 0 Å². The minimum atomic E-state index is -0.0877. The molecule has 1 saturated heterocycles. The molecule has 0 spiro atoms. The van der Waals surface area contributed by atoms with Crippen LogP contribution in [-0.2, 0) is 0 Å². The van der Waals surface area contributed by atoms with Crippen LogP contribution in [0.2, 0.25) is 0 Å². The van der Waals surface area contributed by atoms with Gasteiger partial charge in [0, 0.05) is 12.2 Å². The predicted molar refractivity (Wildman–Crippen MR) is 124 cm³/mol. The standard InChI is InChI=1S/C26H28N2O4/c1-17-15-19(18-10-12-20(30-2)13-11-18)16-22(27-17)23-8-6-14-28(23)26(29)21-7-5-9-24(31-3)25(21)32-4/h5,7,9-13,15-16,23H,6,8,14H2,1-4H3/t23-/m1/s1. The van der Waals surface area contributed by atoms with Gasteiger partial charge in [-0.25, -0.2) is 0 Å². The largest absolute Gasteiger partial charge is 0.497 e. The number of nitrogens with zero attached hydrogens (tertiary/aromatic N) is 2. The molecule has 2 heterocycles. The number of likely N-dealkylation sites (tertiary alicyclic amines) is 1. The average Bonchev–Trinajstić information content (AvgIpc) is 3.32. The number of aryl methyl sites for hydroxylation is 1. The molecule has 2 aromatic carbocycles. The second-order valence-electron chi connectivity index (χ2n) is 7.85. The smallest absolute Gasteiger partial charge is 0.258 e. The van der Waals surface area contributed by atoms with E-state index in [2.05, 4.69) is 12.1 Å². The van der Waals surface area contributed by atoms with Gasteiger partial charge >= 0.3 is 0 Å². The molecule has 4 rings (SSSR count). The third kappa shape index (κ3) is 4.13. The summed E-state index contributed by atoms with van der Waals surface area (Å²) < 4.78 is 16.2. The van der Waals surface area contributed by atoms with Crippen LogP contribution in [0.1, 0.15) is 40.6 Å². The van der Waals surface area contributed by atoms with Gasteiger partial charge in [0.15, 0.2) is 11.5 Å². The summed E-state index contributed by atoms with van der Waals surface area (Å²) in [5, 5.41) is 0. The first-order valence-corrected chi connectivity index (χ1v) is 10.7. The second kappa shape index (κ2) is 9.30. The Hall–Kier alpha value is -3.54. The molecule has 6 heteroatoms. The number of methoxy groups -OCH3 is 3. The zero-order valence-electron chi connectivity index (χ0n) is 18.9. The molecule has 32 heavy (non-hydrogen) atoms. The van der Waals surface area contributed by atoms with E-state index >= 15 is 0 Å². The molecule has 6 nitrogen and oxygen atoms in total. The molecule has 1 fully saturated rings. The predicted octanol–water partition coefficient (Wildman–Crippen LogP) is 5.06. The van der Waals surface area contributed by atoms with Gasteiger partial charge in [-0.1, -0.05) is 18.2 Å². The van der Waals surface area contributed by atoms with Gasteiger partial charge in [0.05, 0.1) is 38.6 Å². The third-order valence-electron chi connectivity index (χ3n) is 5.89. The lowest BCUT2D eigenvalue weighted by Crippen LogP contribution is -2.31. The van der Waals surface area contributed by atoms with Crippen molar-refractivity contribution in [2.75, 3.05) is 27.9 Å². The van der Waals surface area contributed by atoms with Gasteiger partial charge in [-0.05, 0) is 67.3 Å². The number of hydrogen-bond acceptors (Lipinski definition) is 5. The minimum absolute atomic E-state index is 0.0717. The highest BCUT2D eigenvalue weighted by molar-refractivity contribution is 5.98. The summed E-state index contributed by atoms with van der Waals surface area (Å²) in [4.78, 5) is 20.2. The normalized spacial score (nSPS) is 15.5. The molecule has 0 unspecified atom stereocenters. The van der Waals surface area contributed by atoms with Crippen molar-refractivity contribution >= 4 is 5.91 Å². The third-order valence-corrected chi connectivity index (χ3v) is 5.89.